The van der Waals surface area contributed by atoms with E-state index in [2.05, 4.69) is 0 Å². The number of halogens is 3. The zero-order chi connectivity index (χ0) is 20.1. The summed E-state index contributed by atoms with van der Waals surface area (Å²) in [5.41, 5.74) is 1.46. The Labute approximate surface area is 160 Å². The van der Waals surface area contributed by atoms with Crippen molar-refractivity contribution in [1.29, 1.82) is 0 Å². The van der Waals surface area contributed by atoms with E-state index >= 15 is 0 Å². The highest BCUT2D eigenvalue weighted by Crippen LogP contribution is 2.40. The Morgan fingerprint density at radius 3 is 2.21 bits per heavy atom. The van der Waals surface area contributed by atoms with Gasteiger partial charge in [-0.3, -0.25) is 4.79 Å². The van der Waals surface area contributed by atoms with E-state index in [1.807, 2.05) is 30.3 Å². The lowest BCUT2D eigenvalue weighted by Gasteiger charge is -2.17. The lowest BCUT2D eigenvalue weighted by atomic mass is 10.00. The highest BCUT2D eigenvalue weighted by Gasteiger charge is 2.30. The maximum atomic E-state index is 12.9. The first-order chi connectivity index (χ1) is 13.4. The largest absolute Gasteiger partial charge is 0.493 e. The standard InChI is InChI=1S/C22H17F3O3/c1-27-20-12-16(13-26)11-19(17-7-9-18(10-8-17)22(23,24)25)21(20)28-14-15-5-3-2-4-6-15/h2-13H,14H2,1H3. The molecule has 3 aromatic rings. The molecule has 0 saturated heterocycles. The van der Waals surface area contributed by atoms with Crippen LogP contribution in [-0.4, -0.2) is 13.4 Å². The normalized spacial score (nSPS) is 11.1. The molecule has 3 nitrogen and oxygen atoms in total. The van der Waals surface area contributed by atoms with Gasteiger partial charge in [-0.2, -0.15) is 13.2 Å². The molecule has 6 heteroatoms. The molecule has 0 saturated carbocycles. The molecule has 0 aliphatic carbocycles. The number of rotatable bonds is 6. The quantitative estimate of drug-likeness (QED) is 0.505. The molecule has 0 spiro atoms. The molecule has 144 valence electrons. The Morgan fingerprint density at radius 2 is 1.64 bits per heavy atom. The molecule has 0 aliphatic heterocycles. The summed E-state index contributed by atoms with van der Waals surface area (Å²) in [6.07, 6.45) is -3.77. The second kappa shape index (κ2) is 8.17. The van der Waals surface area contributed by atoms with Crippen LogP contribution in [0.15, 0.2) is 66.7 Å². The Morgan fingerprint density at radius 1 is 0.964 bits per heavy atom. The van der Waals surface area contributed by atoms with Gasteiger partial charge in [0, 0.05) is 11.1 Å². The predicted molar refractivity (Wildman–Crippen MR) is 99.6 cm³/mol. The molecule has 0 radical (unpaired) electrons. The van der Waals surface area contributed by atoms with Crippen LogP contribution >= 0.6 is 0 Å². The number of aldehydes is 1. The molecule has 0 fully saturated rings. The Kier molecular flexibility index (Phi) is 5.68. The molecule has 0 bridgehead atoms. The Balaban J connectivity index is 2.03. The fourth-order valence-electron chi connectivity index (χ4n) is 2.78. The van der Waals surface area contributed by atoms with E-state index < -0.39 is 11.7 Å². The predicted octanol–water partition coefficient (Wildman–Crippen LogP) is 5.77. The van der Waals surface area contributed by atoms with Crippen LogP contribution in [0.4, 0.5) is 13.2 Å². The lowest BCUT2D eigenvalue weighted by molar-refractivity contribution is -0.137. The molecule has 3 rings (SSSR count). The molecule has 28 heavy (non-hydrogen) atoms. The topological polar surface area (TPSA) is 35.5 Å². The summed E-state index contributed by atoms with van der Waals surface area (Å²) in [5.74, 6) is 0.687. The number of methoxy groups -OCH3 is 1. The van der Waals surface area contributed by atoms with E-state index in [9.17, 15) is 18.0 Å². The molecule has 0 amide bonds. The van der Waals surface area contributed by atoms with Crippen molar-refractivity contribution in [3.8, 4) is 22.6 Å². The summed E-state index contributed by atoms with van der Waals surface area (Å²) in [7, 11) is 1.44. The Hall–Kier alpha value is -3.28. The van der Waals surface area contributed by atoms with Crippen molar-refractivity contribution in [3.05, 3.63) is 83.4 Å². The second-order valence-electron chi connectivity index (χ2n) is 6.07. The minimum Gasteiger partial charge on any atom is -0.493 e. The van der Waals surface area contributed by atoms with Crippen LogP contribution in [0.1, 0.15) is 21.5 Å². The summed E-state index contributed by atoms with van der Waals surface area (Å²) in [6, 6.07) is 17.2. The summed E-state index contributed by atoms with van der Waals surface area (Å²) in [4.78, 5) is 11.3. The first-order valence-electron chi connectivity index (χ1n) is 8.44. The molecule has 0 aliphatic rings. The van der Waals surface area contributed by atoms with Gasteiger partial charge in [-0.15, -0.1) is 0 Å². The maximum absolute atomic E-state index is 12.9. The molecular weight excluding hydrogens is 369 g/mol. The van der Waals surface area contributed by atoms with Crippen molar-refractivity contribution in [1.82, 2.24) is 0 Å². The molecule has 3 aromatic carbocycles. The third-order valence-corrected chi connectivity index (χ3v) is 4.18. The van der Waals surface area contributed by atoms with Crippen molar-refractivity contribution in [2.24, 2.45) is 0 Å². The fraction of sp³-hybridized carbons (Fsp3) is 0.136. The number of benzene rings is 3. The van der Waals surface area contributed by atoms with E-state index in [0.717, 1.165) is 17.7 Å². The van der Waals surface area contributed by atoms with Gasteiger partial charge in [-0.1, -0.05) is 42.5 Å². The van der Waals surface area contributed by atoms with Gasteiger partial charge >= 0.3 is 6.18 Å². The van der Waals surface area contributed by atoms with Gasteiger partial charge < -0.3 is 9.47 Å². The Bertz CT molecular complexity index is 949. The maximum Gasteiger partial charge on any atom is 0.416 e. The molecule has 0 heterocycles. The van der Waals surface area contributed by atoms with Crippen LogP contribution in [0.5, 0.6) is 11.5 Å². The monoisotopic (exact) mass is 386 g/mol. The third kappa shape index (κ3) is 4.34. The van der Waals surface area contributed by atoms with E-state index in [4.69, 9.17) is 9.47 Å². The van der Waals surface area contributed by atoms with Crippen LogP contribution in [0.25, 0.3) is 11.1 Å². The molecule has 0 N–H and O–H groups in total. The van der Waals surface area contributed by atoms with Crippen LogP contribution in [-0.2, 0) is 12.8 Å². The highest BCUT2D eigenvalue weighted by atomic mass is 19.4. The van der Waals surface area contributed by atoms with Crippen LogP contribution in [0, 0.1) is 0 Å². The molecule has 0 aromatic heterocycles. The highest BCUT2D eigenvalue weighted by molar-refractivity contribution is 5.84. The molecule has 0 unspecified atom stereocenters. The summed E-state index contributed by atoms with van der Waals surface area (Å²) in [5, 5.41) is 0. The fourth-order valence-corrected chi connectivity index (χ4v) is 2.78. The average Bonchev–Trinajstić information content (AvgIpc) is 2.71. The van der Waals surface area contributed by atoms with Gasteiger partial charge in [0.25, 0.3) is 0 Å². The number of hydrogen-bond acceptors (Lipinski definition) is 3. The van der Waals surface area contributed by atoms with Crippen molar-refractivity contribution in [2.45, 2.75) is 12.8 Å². The smallest absolute Gasteiger partial charge is 0.416 e. The van der Waals surface area contributed by atoms with Gasteiger partial charge in [0.15, 0.2) is 11.5 Å². The van der Waals surface area contributed by atoms with E-state index in [1.54, 1.807) is 6.07 Å². The average molecular weight is 386 g/mol. The van der Waals surface area contributed by atoms with Crippen molar-refractivity contribution >= 4 is 6.29 Å². The third-order valence-electron chi connectivity index (χ3n) is 4.18. The van der Waals surface area contributed by atoms with Crippen LogP contribution in [0.3, 0.4) is 0 Å². The van der Waals surface area contributed by atoms with E-state index in [0.29, 0.717) is 34.5 Å². The zero-order valence-corrected chi connectivity index (χ0v) is 15.0. The number of carbonyl (C=O) groups is 1. The van der Waals surface area contributed by atoms with E-state index in [-0.39, 0.29) is 6.61 Å². The van der Waals surface area contributed by atoms with Gasteiger partial charge in [0.1, 0.15) is 12.9 Å². The summed E-state index contributed by atoms with van der Waals surface area (Å²) in [6.45, 7) is 0.241. The lowest BCUT2D eigenvalue weighted by Crippen LogP contribution is -2.04. The van der Waals surface area contributed by atoms with Gasteiger partial charge in [0.2, 0.25) is 0 Å². The van der Waals surface area contributed by atoms with E-state index in [1.165, 1.54) is 25.3 Å². The first kappa shape index (κ1) is 19.5. The SMILES string of the molecule is COc1cc(C=O)cc(-c2ccc(C(F)(F)F)cc2)c1OCc1ccccc1. The van der Waals surface area contributed by atoms with Gasteiger partial charge in [0.05, 0.1) is 12.7 Å². The first-order valence-corrected chi connectivity index (χ1v) is 8.44. The van der Waals surface area contributed by atoms with Crippen molar-refractivity contribution in [3.63, 3.8) is 0 Å². The zero-order valence-electron chi connectivity index (χ0n) is 15.0. The number of hydrogen-bond donors (Lipinski definition) is 0. The number of carbonyl (C=O) groups excluding carboxylic acids is 1. The minimum atomic E-state index is -4.42. The van der Waals surface area contributed by atoms with Crippen molar-refractivity contribution in [2.75, 3.05) is 7.11 Å². The van der Waals surface area contributed by atoms with Crippen LogP contribution in [0.2, 0.25) is 0 Å². The summed E-state index contributed by atoms with van der Waals surface area (Å²) >= 11 is 0. The summed E-state index contributed by atoms with van der Waals surface area (Å²) < 4.78 is 49.9. The van der Waals surface area contributed by atoms with Crippen molar-refractivity contribution < 1.29 is 27.4 Å². The number of alkyl halides is 3. The van der Waals surface area contributed by atoms with Gasteiger partial charge in [-0.05, 0) is 35.4 Å². The minimum absolute atomic E-state index is 0.241. The molecular formula is C22H17F3O3. The van der Waals surface area contributed by atoms with Crippen LogP contribution < -0.4 is 9.47 Å². The molecule has 0 atom stereocenters. The second-order valence-corrected chi connectivity index (χ2v) is 6.07. The van der Waals surface area contributed by atoms with Gasteiger partial charge in [-0.25, -0.2) is 0 Å². The number of ether oxygens (including phenoxy) is 2.